The lowest BCUT2D eigenvalue weighted by Crippen LogP contribution is -2.22. The number of carbonyl (C=O) groups is 1. The van der Waals surface area contributed by atoms with E-state index in [1.807, 2.05) is 13.8 Å². The van der Waals surface area contributed by atoms with Crippen molar-refractivity contribution < 1.29 is 9.53 Å². The van der Waals surface area contributed by atoms with E-state index in [9.17, 15) is 4.79 Å². The molecule has 0 aliphatic heterocycles. The van der Waals surface area contributed by atoms with Gasteiger partial charge >= 0.3 is 5.97 Å². The smallest absolute Gasteiger partial charge is 0.330 e. The third-order valence-electron chi connectivity index (χ3n) is 2.15. The highest BCUT2D eigenvalue weighted by Crippen LogP contribution is 2.11. The number of rotatable bonds is 8. The Hall–Kier alpha value is -0.610. The van der Waals surface area contributed by atoms with Gasteiger partial charge in [-0.15, -0.1) is 0 Å². The predicted octanol–water partition coefficient (Wildman–Crippen LogP) is 3.42. The van der Waals surface area contributed by atoms with E-state index in [1.165, 1.54) is 0 Å². The zero-order chi connectivity index (χ0) is 12.6. The molecule has 0 rings (SSSR count). The molecule has 0 aromatic heterocycles. The van der Waals surface area contributed by atoms with E-state index in [0.29, 0.717) is 12.8 Å². The predicted molar refractivity (Wildman–Crippen MR) is 75.1 cm³/mol. The van der Waals surface area contributed by atoms with Crippen molar-refractivity contribution in [3.63, 3.8) is 0 Å². The highest BCUT2D eigenvalue weighted by Gasteiger charge is 2.16. The molecule has 0 saturated carbocycles. The monoisotopic (exact) mass is 258 g/mol. The SMILES string of the molecule is C=CC(=O)OC(CC(=S)CC)CC(=S)CC. The van der Waals surface area contributed by atoms with Gasteiger partial charge in [-0.25, -0.2) is 4.79 Å². The summed E-state index contributed by atoms with van der Waals surface area (Å²) in [5.74, 6) is -0.414. The molecule has 0 aromatic carbocycles. The normalized spacial score (nSPS) is 9.94. The molecule has 0 aromatic rings. The van der Waals surface area contributed by atoms with Gasteiger partial charge in [0.15, 0.2) is 0 Å². The van der Waals surface area contributed by atoms with Crippen LogP contribution in [0, 0.1) is 0 Å². The van der Waals surface area contributed by atoms with Gasteiger partial charge in [0.25, 0.3) is 0 Å². The second-order valence-corrected chi connectivity index (χ2v) is 4.61. The Bertz CT molecular complexity index is 267. The Labute approximate surface area is 108 Å². The fourth-order valence-corrected chi connectivity index (χ4v) is 1.54. The summed E-state index contributed by atoms with van der Waals surface area (Å²) in [6.45, 7) is 7.36. The molecule has 0 atom stereocenters. The fraction of sp³-hybridized carbons (Fsp3) is 0.583. The van der Waals surface area contributed by atoms with E-state index in [2.05, 4.69) is 6.58 Å². The molecule has 0 amide bonds. The topological polar surface area (TPSA) is 26.3 Å². The first-order chi connectivity index (χ1) is 7.53. The standard InChI is InChI=1S/C12H18O2S2/c1-4-10(15)7-9(8-11(16)5-2)14-12(13)6-3/h6,9H,3-5,7-8H2,1-2H3. The molecule has 0 radical (unpaired) electrons. The minimum Gasteiger partial charge on any atom is -0.458 e. The van der Waals surface area contributed by atoms with E-state index in [0.717, 1.165) is 28.6 Å². The van der Waals surface area contributed by atoms with Gasteiger partial charge in [0.1, 0.15) is 6.10 Å². The maximum atomic E-state index is 11.1. The van der Waals surface area contributed by atoms with E-state index in [1.54, 1.807) is 0 Å². The average Bonchev–Trinajstić information content (AvgIpc) is 2.28. The van der Waals surface area contributed by atoms with Gasteiger partial charge in [-0.2, -0.15) is 0 Å². The van der Waals surface area contributed by atoms with Crippen molar-refractivity contribution in [2.45, 2.75) is 45.6 Å². The molecule has 4 heteroatoms. The van der Waals surface area contributed by atoms with Gasteiger partial charge in [0.05, 0.1) is 0 Å². The van der Waals surface area contributed by atoms with Crippen molar-refractivity contribution in [2.75, 3.05) is 0 Å². The lowest BCUT2D eigenvalue weighted by atomic mass is 10.1. The molecule has 0 spiro atoms. The van der Waals surface area contributed by atoms with Crippen molar-refractivity contribution >= 4 is 40.1 Å². The molecule has 0 heterocycles. The Kier molecular flexibility index (Phi) is 8.21. The summed E-state index contributed by atoms with van der Waals surface area (Å²) in [4.78, 5) is 12.9. The van der Waals surface area contributed by atoms with Crippen molar-refractivity contribution in [2.24, 2.45) is 0 Å². The molecule has 0 N–H and O–H groups in total. The fourth-order valence-electron chi connectivity index (χ4n) is 1.16. The lowest BCUT2D eigenvalue weighted by molar-refractivity contribution is -0.142. The second-order valence-electron chi connectivity index (χ2n) is 3.46. The van der Waals surface area contributed by atoms with Crippen molar-refractivity contribution in [3.8, 4) is 0 Å². The average molecular weight is 258 g/mol. The minimum absolute atomic E-state index is 0.231. The summed E-state index contributed by atoms with van der Waals surface area (Å²) in [5.41, 5.74) is 0. The van der Waals surface area contributed by atoms with Crippen LogP contribution in [0.4, 0.5) is 0 Å². The first kappa shape index (κ1) is 15.4. The molecule has 16 heavy (non-hydrogen) atoms. The summed E-state index contributed by atoms with van der Waals surface area (Å²) in [6.07, 6.45) is 3.77. The van der Waals surface area contributed by atoms with Crippen LogP contribution in [0.5, 0.6) is 0 Å². The van der Waals surface area contributed by atoms with Crippen molar-refractivity contribution in [1.29, 1.82) is 0 Å². The van der Waals surface area contributed by atoms with Crippen LogP contribution in [-0.2, 0) is 9.53 Å². The number of esters is 1. The quantitative estimate of drug-likeness (QED) is 0.378. The van der Waals surface area contributed by atoms with Crippen molar-refractivity contribution in [1.82, 2.24) is 0 Å². The summed E-state index contributed by atoms with van der Waals surface area (Å²) in [5, 5.41) is 0. The van der Waals surface area contributed by atoms with Crippen LogP contribution in [0.15, 0.2) is 12.7 Å². The van der Waals surface area contributed by atoms with Gasteiger partial charge in [-0.05, 0) is 22.6 Å². The molecule has 0 aliphatic carbocycles. The highest BCUT2D eigenvalue weighted by atomic mass is 32.1. The Morgan fingerprint density at radius 1 is 1.25 bits per heavy atom. The molecular weight excluding hydrogens is 240 g/mol. The molecule has 0 aliphatic rings. The lowest BCUT2D eigenvalue weighted by Gasteiger charge is -2.17. The summed E-state index contributed by atoms with van der Waals surface area (Å²) >= 11 is 10.3. The zero-order valence-electron chi connectivity index (χ0n) is 9.82. The maximum absolute atomic E-state index is 11.1. The van der Waals surface area contributed by atoms with E-state index >= 15 is 0 Å². The minimum atomic E-state index is -0.414. The molecule has 0 fully saturated rings. The largest absolute Gasteiger partial charge is 0.458 e. The van der Waals surface area contributed by atoms with Crippen LogP contribution >= 0.6 is 24.4 Å². The van der Waals surface area contributed by atoms with E-state index < -0.39 is 5.97 Å². The van der Waals surface area contributed by atoms with Crippen LogP contribution in [0.3, 0.4) is 0 Å². The molecular formula is C12H18O2S2. The first-order valence-electron chi connectivity index (χ1n) is 5.39. The number of thiocarbonyl (C=S) groups is 2. The third-order valence-corrected chi connectivity index (χ3v) is 3.06. The first-order valence-corrected chi connectivity index (χ1v) is 6.21. The van der Waals surface area contributed by atoms with Gasteiger partial charge in [-0.1, -0.05) is 44.9 Å². The summed E-state index contributed by atoms with van der Waals surface area (Å²) in [7, 11) is 0. The van der Waals surface area contributed by atoms with E-state index in [4.69, 9.17) is 29.2 Å². The molecule has 90 valence electrons. The van der Waals surface area contributed by atoms with Gasteiger partial charge in [-0.3, -0.25) is 0 Å². The van der Waals surface area contributed by atoms with Crippen LogP contribution in [0.2, 0.25) is 0 Å². The van der Waals surface area contributed by atoms with Gasteiger partial charge in [0, 0.05) is 18.9 Å². The van der Waals surface area contributed by atoms with Crippen LogP contribution in [-0.4, -0.2) is 21.8 Å². The number of hydrogen-bond donors (Lipinski definition) is 0. The number of ether oxygens (including phenoxy) is 1. The zero-order valence-corrected chi connectivity index (χ0v) is 11.5. The number of carbonyl (C=O) groups excluding carboxylic acids is 1. The maximum Gasteiger partial charge on any atom is 0.330 e. The van der Waals surface area contributed by atoms with Gasteiger partial charge in [0.2, 0.25) is 0 Å². The Morgan fingerprint density at radius 2 is 1.69 bits per heavy atom. The third kappa shape index (κ3) is 6.80. The molecule has 0 saturated heterocycles. The Balaban J connectivity index is 4.37. The van der Waals surface area contributed by atoms with Crippen LogP contribution in [0.1, 0.15) is 39.5 Å². The molecule has 0 bridgehead atoms. The highest BCUT2D eigenvalue weighted by molar-refractivity contribution is 7.80. The van der Waals surface area contributed by atoms with Crippen LogP contribution in [0.25, 0.3) is 0 Å². The van der Waals surface area contributed by atoms with Crippen molar-refractivity contribution in [3.05, 3.63) is 12.7 Å². The molecule has 0 unspecified atom stereocenters. The van der Waals surface area contributed by atoms with Gasteiger partial charge < -0.3 is 4.74 Å². The Morgan fingerprint density at radius 3 is 2.00 bits per heavy atom. The van der Waals surface area contributed by atoms with E-state index in [-0.39, 0.29) is 6.10 Å². The number of hydrogen-bond acceptors (Lipinski definition) is 4. The summed E-state index contributed by atoms with van der Waals surface area (Å²) < 4.78 is 5.21. The summed E-state index contributed by atoms with van der Waals surface area (Å²) in [6, 6.07) is 0. The van der Waals surface area contributed by atoms with Crippen LogP contribution < -0.4 is 0 Å². The molecule has 2 nitrogen and oxygen atoms in total. The second kappa shape index (κ2) is 8.53.